The maximum absolute atomic E-state index is 12.0. The molecule has 21 heavy (non-hydrogen) atoms. The van der Waals surface area contributed by atoms with Crippen molar-refractivity contribution in [1.82, 2.24) is 5.32 Å². The van der Waals surface area contributed by atoms with Gasteiger partial charge < -0.3 is 20.8 Å². The molecule has 3 amide bonds. The van der Waals surface area contributed by atoms with Crippen molar-refractivity contribution in [2.45, 2.75) is 13.0 Å². The molecular formula is C14H14ClN3O3. The van der Waals surface area contributed by atoms with Crippen molar-refractivity contribution in [1.29, 1.82) is 0 Å². The van der Waals surface area contributed by atoms with Crippen molar-refractivity contribution in [2.24, 2.45) is 5.73 Å². The van der Waals surface area contributed by atoms with Crippen molar-refractivity contribution in [3.63, 3.8) is 0 Å². The molecule has 0 aliphatic rings. The molecule has 2 rings (SSSR count). The molecule has 110 valence electrons. The number of nitrogens with two attached hydrogens (primary N) is 1. The number of carbonyl (C=O) groups is 2. The Kier molecular flexibility index (Phi) is 4.49. The molecule has 0 aliphatic heterocycles. The van der Waals surface area contributed by atoms with Gasteiger partial charge in [-0.25, -0.2) is 4.79 Å². The smallest absolute Gasteiger partial charge is 0.316 e. The highest BCUT2D eigenvalue weighted by molar-refractivity contribution is 6.32. The van der Waals surface area contributed by atoms with E-state index in [-0.39, 0.29) is 22.7 Å². The van der Waals surface area contributed by atoms with E-state index in [9.17, 15) is 9.59 Å². The average Bonchev–Trinajstić information content (AvgIpc) is 2.85. The fraction of sp³-hybridized carbons (Fsp3) is 0.143. The predicted octanol–water partition coefficient (Wildman–Crippen LogP) is 2.91. The van der Waals surface area contributed by atoms with Gasteiger partial charge in [0.25, 0.3) is 5.91 Å². The van der Waals surface area contributed by atoms with Crippen molar-refractivity contribution in [3.05, 3.63) is 52.9 Å². The Morgan fingerprint density at radius 1 is 1.24 bits per heavy atom. The Bertz CT molecular complexity index is 652. The molecule has 0 saturated heterocycles. The number of hydrogen-bond donors (Lipinski definition) is 3. The van der Waals surface area contributed by atoms with Crippen molar-refractivity contribution in [2.75, 3.05) is 5.32 Å². The minimum Gasteiger partial charge on any atom is -0.452 e. The standard InChI is InChI=1S/C14H14ClN3O3/c1-8(17-13(19)11-6-7-21-12(11)15)9-2-4-10(5-3-9)18-14(16)20/h2-8H,1H3,(H,17,19)(H3,16,18,20). The number of anilines is 1. The lowest BCUT2D eigenvalue weighted by atomic mass is 10.1. The van der Waals surface area contributed by atoms with E-state index in [1.165, 1.54) is 12.3 Å². The van der Waals surface area contributed by atoms with Crippen LogP contribution in [0.5, 0.6) is 0 Å². The van der Waals surface area contributed by atoms with Gasteiger partial charge in [-0.3, -0.25) is 4.79 Å². The molecule has 2 aromatic rings. The van der Waals surface area contributed by atoms with Crippen molar-refractivity contribution < 1.29 is 14.0 Å². The van der Waals surface area contributed by atoms with Crippen LogP contribution < -0.4 is 16.4 Å². The van der Waals surface area contributed by atoms with E-state index in [0.29, 0.717) is 5.69 Å². The SMILES string of the molecule is CC(NC(=O)c1ccoc1Cl)c1ccc(NC(N)=O)cc1. The number of primary amides is 1. The van der Waals surface area contributed by atoms with E-state index in [1.807, 2.05) is 6.92 Å². The molecule has 7 heteroatoms. The minimum absolute atomic E-state index is 0.0562. The molecule has 4 N–H and O–H groups in total. The van der Waals surface area contributed by atoms with Crippen LogP contribution in [0.3, 0.4) is 0 Å². The van der Waals surface area contributed by atoms with Crippen LogP contribution in [0.15, 0.2) is 41.0 Å². The van der Waals surface area contributed by atoms with Gasteiger partial charge >= 0.3 is 6.03 Å². The summed E-state index contributed by atoms with van der Waals surface area (Å²) in [6.45, 7) is 1.84. The number of carbonyl (C=O) groups excluding carboxylic acids is 2. The highest BCUT2D eigenvalue weighted by Gasteiger charge is 2.16. The van der Waals surface area contributed by atoms with Crippen LogP contribution in [0.25, 0.3) is 0 Å². The fourth-order valence-corrected chi connectivity index (χ4v) is 2.01. The van der Waals surface area contributed by atoms with E-state index in [4.69, 9.17) is 21.8 Å². The van der Waals surface area contributed by atoms with E-state index in [2.05, 4.69) is 10.6 Å². The first kappa shape index (κ1) is 14.9. The lowest BCUT2D eigenvalue weighted by Crippen LogP contribution is -2.26. The van der Waals surface area contributed by atoms with E-state index in [1.54, 1.807) is 24.3 Å². The van der Waals surface area contributed by atoms with Crippen molar-refractivity contribution >= 4 is 29.2 Å². The second kappa shape index (κ2) is 6.32. The van der Waals surface area contributed by atoms with Crippen LogP contribution in [0.1, 0.15) is 28.9 Å². The van der Waals surface area contributed by atoms with Crippen LogP contribution in [0.2, 0.25) is 5.22 Å². The molecule has 1 aromatic heterocycles. The summed E-state index contributed by atoms with van der Waals surface area (Å²) in [6, 6.07) is 7.62. The van der Waals surface area contributed by atoms with Gasteiger partial charge in [0.2, 0.25) is 5.22 Å². The van der Waals surface area contributed by atoms with Gasteiger partial charge in [-0.1, -0.05) is 12.1 Å². The van der Waals surface area contributed by atoms with Gasteiger partial charge in [-0.05, 0) is 42.3 Å². The Morgan fingerprint density at radius 2 is 1.90 bits per heavy atom. The summed E-state index contributed by atoms with van der Waals surface area (Å²) < 4.78 is 4.88. The van der Waals surface area contributed by atoms with E-state index < -0.39 is 6.03 Å². The molecule has 0 saturated carbocycles. The van der Waals surface area contributed by atoms with Crippen LogP contribution in [0, 0.1) is 0 Å². The molecule has 0 fully saturated rings. The quantitative estimate of drug-likeness (QED) is 0.810. The maximum Gasteiger partial charge on any atom is 0.316 e. The Balaban J connectivity index is 2.03. The van der Waals surface area contributed by atoms with E-state index in [0.717, 1.165) is 5.56 Å². The molecule has 0 radical (unpaired) electrons. The zero-order chi connectivity index (χ0) is 15.4. The van der Waals surface area contributed by atoms with Crippen LogP contribution in [-0.4, -0.2) is 11.9 Å². The highest BCUT2D eigenvalue weighted by atomic mass is 35.5. The fourth-order valence-electron chi connectivity index (χ4n) is 1.81. The van der Waals surface area contributed by atoms with Gasteiger partial charge in [0.15, 0.2) is 0 Å². The monoisotopic (exact) mass is 307 g/mol. The third-order valence-electron chi connectivity index (χ3n) is 2.89. The second-order valence-corrected chi connectivity index (χ2v) is 4.76. The molecule has 0 spiro atoms. The zero-order valence-electron chi connectivity index (χ0n) is 11.2. The predicted molar refractivity (Wildman–Crippen MR) is 79.2 cm³/mol. The van der Waals surface area contributed by atoms with E-state index >= 15 is 0 Å². The largest absolute Gasteiger partial charge is 0.452 e. The third kappa shape index (κ3) is 3.76. The molecular weight excluding hydrogens is 294 g/mol. The summed E-state index contributed by atoms with van der Waals surface area (Å²) in [5, 5.41) is 5.32. The summed E-state index contributed by atoms with van der Waals surface area (Å²) in [6.07, 6.45) is 1.35. The normalized spacial score (nSPS) is 11.7. The lowest BCUT2D eigenvalue weighted by Gasteiger charge is -2.14. The van der Waals surface area contributed by atoms with Crippen molar-refractivity contribution in [3.8, 4) is 0 Å². The van der Waals surface area contributed by atoms with Crippen LogP contribution in [-0.2, 0) is 0 Å². The number of furan rings is 1. The Morgan fingerprint density at radius 3 is 2.43 bits per heavy atom. The summed E-state index contributed by atoms with van der Waals surface area (Å²) in [5.41, 5.74) is 6.77. The molecule has 1 unspecified atom stereocenters. The molecule has 1 heterocycles. The molecule has 1 atom stereocenters. The number of halogens is 1. The number of hydrogen-bond acceptors (Lipinski definition) is 3. The summed E-state index contributed by atoms with van der Waals surface area (Å²) in [7, 11) is 0. The molecule has 0 aliphatic carbocycles. The Hall–Kier alpha value is -2.47. The van der Waals surface area contributed by atoms with Gasteiger partial charge in [-0.15, -0.1) is 0 Å². The number of urea groups is 1. The third-order valence-corrected chi connectivity index (χ3v) is 3.18. The van der Waals surface area contributed by atoms with Gasteiger partial charge in [0, 0.05) is 5.69 Å². The minimum atomic E-state index is -0.626. The number of amides is 3. The molecule has 6 nitrogen and oxygen atoms in total. The topological polar surface area (TPSA) is 97.4 Å². The number of benzene rings is 1. The number of rotatable bonds is 4. The second-order valence-electron chi connectivity index (χ2n) is 4.41. The van der Waals surface area contributed by atoms with Crippen LogP contribution >= 0.6 is 11.6 Å². The zero-order valence-corrected chi connectivity index (χ0v) is 12.0. The Labute approximate surface area is 126 Å². The average molecular weight is 308 g/mol. The first-order valence-electron chi connectivity index (χ1n) is 6.17. The van der Waals surface area contributed by atoms with Crippen LogP contribution in [0.4, 0.5) is 10.5 Å². The first-order valence-corrected chi connectivity index (χ1v) is 6.55. The van der Waals surface area contributed by atoms with Gasteiger partial charge in [-0.2, -0.15) is 0 Å². The lowest BCUT2D eigenvalue weighted by molar-refractivity contribution is 0.0939. The highest BCUT2D eigenvalue weighted by Crippen LogP contribution is 2.20. The summed E-state index contributed by atoms with van der Waals surface area (Å²) in [5.74, 6) is -0.319. The van der Waals surface area contributed by atoms with Gasteiger partial charge in [0.05, 0.1) is 17.9 Å². The number of nitrogens with one attached hydrogen (secondary N) is 2. The van der Waals surface area contributed by atoms with Gasteiger partial charge in [0.1, 0.15) is 0 Å². The molecule has 1 aromatic carbocycles. The summed E-state index contributed by atoms with van der Waals surface area (Å²) >= 11 is 5.75. The first-order chi connectivity index (χ1) is 9.97. The maximum atomic E-state index is 12.0. The summed E-state index contributed by atoms with van der Waals surface area (Å²) in [4.78, 5) is 22.7. The molecule has 0 bridgehead atoms.